The number of nitrogens with zero attached hydrogens (tertiary/aromatic N) is 1. The molecule has 9 heteroatoms. The van der Waals surface area contributed by atoms with Gasteiger partial charge in [-0.3, -0.25) is 4.79 Å². The predicted molar refractivity (Wildman–Crippen MR) is 140 cm³/mol. The summed E-state index contributed by atoms with van der Waals surface area (Å²) in [5, 5.41) is 12.9. The van der Waals surface area contributed by atoms with E-state index in [9.17, 15) is 4.79 Å². The van der Waals surface area contributed by atoms with E-state index in [-0.39, 0.29) is 5.91 Å². The molecule has 1 heterocycles. The van der Waals surface area contributed by atoms with Gasteiger partial charge < -0.3 is 35.5 Å². The third-order valence-corrected chi connectivity index (χ3v) is 5.69. The number of unbranched alkanes of at least 4 members (excludes halogenated alkanes) is 2. The standard InChI is InChI=1S/C26H35N5O4/c1-6-7-10-14-26(30-18-16-21(33-3)24(35-5)22(17-18)34-4)28-15-13-23(31-26)29-20-12-9-8-11-19(20)25(32)27-2/h8-9,11-13,15-17,28,30H,6-7,10,14H2,1-5H3,(H,27,32)(H,29,31). The van der Waals surface area contributed by atoms with E-state index < -0.39 is 5.79 Å². The molecular formula is C26H35N5O4. The molecule has 0 aromatic heterocycles. The molecule has 0 bridgehead atoms. The fourth-order valence-corrected chi connectivity index (χ4v) is 3.94. The maximum atomic E-state index is 12.3. The third kappa shape index (κ3) is 6.17. The summed E-state index contributed by atoms with van der Waals surface area (Å²) >= 11 is 0. The third-order valence-electron chi connectivity index (χ3n) is 5.69. The molecule has 0 spiro atoms. The average molecular weight is 482 g/mol. The van der Waals surface area contributed by atoms with Crippen LogP contribution in [-0.4, -0.2) is 45.9 Å². The second kappa shape index (κ2) is 12.0. The van der Waals surface area contributed by atoms with Crippen molar-refractivity contribution in [2.45, 2.75) is 38.4 Å². The molecule has 188 valence electrons. The van der Waals surface area contributed by atoms with Crippen molar-refractivity contribution in [1.29, 1.82) is 0 Å². The molecule has 0 radical (unpaired) electrons. The van der Waals surface area contributed by atoms with E-state index in [0.717, 1.165) is 31.4 Å². The van der Waals surface area contributed by atoms with Crippen LogP contribution in [0.5, 0.6) is 17.2 Å². The molecule has 2 aromatic carbocycles. The first-order chi connectivity index (χ1) is 17.0. The zero-order valence-corrected chi connectivity index (χ0v) is 21.0. The van der Waals surface area contributed by atoms with Crippen LogP contribution in [0, 0.1) is 0 Å². The Hall–Kier alpha value is -3.88. The number of hydrogen-bond donors (Lipinski definition) is 4. The van der Waals surface area contributed by atoms with Crippen molar-refractivity contribution in [2.75, 3.05) is 39.0 Å². The number of ether oxygens (including phenoxy) is 3. The Morgan fingerprint density at radius 2 is 1.77 bits per heavy atom. The van der Waals surface area contributed by atoms with E-state index in [2.05, 4.69) is 28.2 Å². The maximum absolute atomic E-state index is 12.3. The summed E-state index contributed by atoms with van der Waals surface area (Å²) in [6, 6.07) is 11.0. The molecule has 9 nitrogen and oxygen atoms in total. The Balaban J connectivity index is 1.97. The quantitative estimate of drug-likeness (QED) is 0.354. The summed E-state index contributed by atoms with van der Waals surface area (Å²) in [4.78, 5) is 17.3. The number of carbonyl (C=O) groups excluding carboxylic acids is 1. The Kier molecular flexibility index (Phi) is 8.83. The van der Waals surface area contributed by atoms with Gasteiger partial charge in [0, 0.05) is 37.5 Å². The molecule has 4 N–H and O–H groups in total. The fraction of sp³-hybridized carbons (Fsp3) is 0.385. The van der Waals surface area contributed by atoms with Crippen LogP contribution in [0.25, 0.3) is 0 Å². The highest BCUT2D eigenvalue weighted by molar-refractivity contribution is 6.09. The molecule has 1 aliphatic rings. The summed E-state index contributed by atoms with van der Waals surface area (Å²) in [6.07, 6.45) is 7.54. The molecule has 0 fully saturated rings. The second-order valence-corrected chi connectivity index (χ2v) is 8.08. The van der Waals surface area contributed by atoms with Gasteiger partial charge in [-0.25, -0.2) is 4.99 Å². The van der Waals surface area contributed by atoms with Gasteiger partial charge in [0.05, 0.1) is 32.6 Å². The lowest BCUT2D eigenvalue weighted by molar-refractivity contribution is 0.0964. The van der Waals surface area contributed by atoms with Crippen LogP contribution in [0.1, 0.15) is 43.0 Å². The Bertz CT molecular complexity index is 1060. The van der Waals surface area contributed by atoms with Crippen LogP contribution in [0.4, 0.5) is 11.4 Å². The first-order valence-electron chi connectivity index (χ1n) is 11.7. The van der Waals surface area contributed by atoms with E-state index in [1.54, 1.807) is 34.4 Å². The van der Waals surface area contributed by atoms with Crippen molar-refractivity contribution >= 4 is 23.1 Å². The van der Waals surface area contributed by atoms with Gasteiger partial charge in [0.25, 0.3) is 5.91 Å². The highest BCUT2D eigenvalue weighted by Gasteiger charge is 2.31. The number of methoxy groups -OCH3 is 3. The number of carbonyl (C=O) groups is 1. The number of hydrogen-bond acceptors (Lipinski definition) is 8. The second-order valence-electron chi connectivity index (χ2n) is 8.08. The lowest BCUT2D eigenvalue weighted by Crippen LogP contribution is -2.50. The van der Waals surface area contributed by atoms with Gasteiger partial charge in [-0.1, -0.05) is 31.9 Å². The zero-order chi connectivity index (χ0) is 25.3. The van der Waals surface area contributed by atoms with Crippen LogP contribution in [0.15, 0.2) is 53.7 Å². The van der Waals surface area contributed by atoms with Crippen molar-refractivity contribution in [2.24, 2.45) is 4.99 Å². The predicted octanol–water partition coefficient (Wildman–Crippen LogP) is 4.35. The minimum Gasteiger partial charge on any atom is -0.493 e. The highest BCUT2D eigenvalue weighted by atomic mass is 16.5. The number of aliphatic imine (C=N–C) groups is 1. The first-order valence-corrected chi connectivity index (χ1v) is 11.7. The summed E-state index contributed by atoms with van der Waals surface area (Å²) in [6.45, 7) is 2.17. The number of amidine groups is 1. The number of amides is 1. The number of rotatable bonds is 11. The number of nitrogens with one attached hydrogen (secondary N) is 4. The van der Waals surface area contributed by atoms with Crippen LogP contribution in [0.2, 0.25) is 0 Å². The monoisotopic (exact) mass is 481 g/mol. The van der Waals surface area contributed by atoms with Crippen LogP contribution >= 0.6 is 0 Å². The lowest BCUT2D eigenvalue weighted by Gasteiger charge is -2.35. The van der Waals surface area contributed by atoms with Crippen molar-refractivity contribution in [3.63, 3.8) is 0 Å². The molecule has 0 aliphatic carbocycles. The van der Waals surface area contributed by atoms with Crippen LogP contribution < -0.4 is 35.5 Å². The summed E-state index contributed by atoms with van der Waals surface area (Å²) < 4.78 is 16.5. The summed E-state index contributed by atoms with van der Waals surface area (Å²) in [5.41, 5.74) is 1.97. The van der Waals surface area contributed by atoms with Crippen molar-refractivity contribution in [1.82, 2.24) is 10.6 Å². The van der Waals surface area contributed by atoms with Gasteiger partial charge in [0.15, 0.2) is 11.5 Å². The van der Waals surface area contributed by atoms with Gasteiger partial charge >= 0.3 is 0 Å². The van der Waals surface area contributed by atoms with Gasteiger partial charge in [-0.15, -0.1) is 0 Å². The largest absolute Gasteiger partial charge is 0.493 e. The Morgan fingerprint density at radius 3 is 2.40 bits per heavy atom. The van der Waals surface area contributed by atoms with Crippen LogP contribution in [-0.2, 0) is 0 Å². The average Bonchev–Trinajstić information content (AvgIpc) is 2.88. The normalized spacial score (nSPS) is 16.5. The number of para-hydroxylation sites is 1. The van der Waals surface area contributed by atoms with E-state index in [4.69, 9.17) is 19.2 Å². The minimum atomic E-state index is -0.821. The topological polar surface area (TPSA) is 105 Å². The van der Waals surface area contributed by atoms with Crippen LogP contribution in [0.3, 0.4) is 0 Å². The minimum absolute atomic E-state index is 0.170. The van der Waals surface area contributed by atoms with Gasteiger partial charge in [-0.05, 0) is 24.6 Å². The molecule has 1 unspecified atom stereocenters. The zero-order valence-electron chi connectivity index (χ0n) is 21.0. The fourth-order valence-electron chi connectivity index (χ4n) is 3.94. The smallest absolute Gasteiger partial charge is 0.253 e. The molecule has 3 rings (SSSR count). The molecular weight excluding hydrogens is 446 g/mol. The highest BCUT2D eigenvalue weighted by Crippen LogP contribution is 2.41. The maximum Gasteiger partial charge on any atom is 0.253 e. The van der Waals surface area contributed by atoms with Gasteiger partial charge in [0.1, 0.15) is 5.84 Å². The molecule has 0 saturated heterocycles. The Morgan fingerprint density at radius 1 is 1.06 bits per heavy atom. The number of benzene rings is 2. The number of anilines is 2. The van der Waals surface area contributed by atoms with Crippen molar-refractivity contribution in [3.8, 4) is 17.2 Å². The molecule has 0 saturated carbocycles. The van der Waals surface area contributed by atoms with E-state index >= 15 is 0 Å². The SMILES string of the molecule is CCCCCC1(Nc2cc(OC)c(OC)c(OC)c2)N=C(Nc2ccccc2C(=O)NC)C=CN1. The van der Waals surface area contributed by atoms with E-state index in [1.165, 1.54) is 0 Å². The molecule has 35 heavy (non-hydrogen) atoms. The van der Waals surface area contributed by atoms with Gasteiger partial charge in [-0.2, -0.15) is 0 Å². The molecule has 2 aromatic rings. The summed E-state index contributed by atoms with van der Waals surface area (Å²) in [5.74, 6) is 1.25. The summed E-state index contributed by atoms with van der Waals surface area (Å²) in [7, 11) is 6.36. The molecule has 1 amide bonds. The van der Waals surface area contributed by atoms with E-state index in [0.29, 0.717) is 34.3 Å². The lowest BCUT2D eigenvalue weighted by atomic mass is 10.1. The Labute approximate surface area is 206 Å². The van der Waals surface area contributed by atoms with Crippen molar-refractivity contribution < 1.29 is 19.0 Å². The first kappa shape index (κ1) is 25.7. The molecule has 1 aliphatic heterocycles. The van der Waals surface area contributed by atoms with Crippen molar-refractivity contribution in [3.05, 3.63) is 54.2 Å². The molecule has 1 atom stereocenters. The van der Waals surface area contributed by atoms with Gasteiger partial charge in [0.2, 0.25) is 11.5 Å². The van der Waals surface area contributed by atoms with E-state index in [1.807, 2.05) is 42.6 Å².